The molecule has 0 radical (unpaired) electrons. The summed E-state index contributed by atoms with van der Waals surface area (Å²) < 4.78 is 1.98. The second kappa shape index (κ2) is 5.58. The number of benzene rings is 1. The highest BCUT2D eigenvalue weighted by atomic mass is 35.5. The molecule has 0 bridgehead atoms. The summed E-state index contributed by atoms with van der Waals surface area (Å²) in [5.74, 6) is -0.150. The van der Waals surface area contributed by atoms with Gasteiger partial charge in [-0.3, -0.25) is 4.79 Å². The number of nitrogens with one attached hydrogen (secondary N) is 1. The molecule has 0 fully saturated rings. The lowest BCUT2D eigenvalue weighted by molar-refractivity contribution is 0.0950. The Labute approximate surface area is 127 Å². The molecule has 5 heteroatoms. The normalized spacial score (nSPS) is 10.8. The first-order valence-corrected chi connectivity index (χ1v) is 6.99. The highest BCUT2D eigenvalue weighted by molar-refractivity contribution is 6.30. The Morgan fingerprint density at radius 2 is 2.14 bits per heavy atom. The highest BCUT2D eigenvalue weighted by Gasteiger charge is 2.10. The van der Waals surface area contributed by atoms with Crippen molar-refractivity contribution in [2.45, 2.75) is 13.5 Å². The Bertz CT molecular complexity index is 810. The SMILES string of the molecule is Cc1nc2ccccn2c1CNC(=O)c1cccc(Cl)c1. The van der Waals surface area contributed by atoms with Crippen LogP contribution in [0.5, 0.6) is 0 Å². The van der Waals surface area contributed by atoms with Crippen LogP contribution in [0.3, 0.4) is 0 Å². The molecule has 0 saturated heterocycles. The van der Waals surface area contributed by atoms with E-state index >= 15 is 0 Å². The Morgan fingerprint density at radius 3 is 2.95 bits per heavy atom. The van der Waals surface area contributed by atoms with E-state index in [9.17, 15) is 4.79 Å². The summed E-state index contributed by atoms with van der Waals surface area (Å²) in [7, 11) is 0. The van der Waals surface area contributed by atoms with Gasteiger partial charge in [0.1, 0.15) is 5.65 Å². The van der Waals surface area contributed by atoms with Crippen molar-refractivity contribution < 1.29 is 4.79 Å². The number of rotatable bonds is 3. The minimum absolute atomic E-state index is 0.150. The van der Waals surface area contributed by atoms with Crippen molar-refractivity contribution in [2.24, 2.45) is 0 Å². The Kier molecular flexibility index (Phi) is 3.62. The van der Waals surface area contributed by atoms with Gasteiger partial charge in [0.2, 0.25) is 0 Å². The van der Waals surface area contributed by atoms with E-state index in [1.54, 1.807) is 24.3 Å². The molecule has 1 N–H and O–H groups in total. The minimum atomic E-state index is -0.150. The number of carbonyl (C=O) groups is 1. The van der Waals surface area contributed by atoms with Gasteiger partial charge in [-0.2, -0.15) is 0 Å². The van der Waals surface area contributed by atoms with E-state index in [1.165, 1.54) is 0 Å². The number of nitrogens with zero attached hydrogens (tertiary/aromatic N) is 2. The van der Waals surface area contributed by atoms with Gasteiger partial charge in [0.25, 0.3) is 5.91 Å². The van der Waals surface area contributed by atoms with Crippen LogP contribution in [0.4, 0.5) is 0 Å². The summed E-state index contributed by atoms with van der Waals surface area (Å²) in [5, 5.41) is 3.45. The van der Waals surface area contributed by atoms with E-state index in [-0.39, 0.29) is 5.91 Å². The van der Waals surface area contributed by atoms with E-state index in [2.05, 4.69) is 10.3 Å². The maximum absolute atomic E-state index is 12.1. The van der Waals surface area contributed by atoms with Crippen LogP contribution in [0.1, 0.15) is 21.7 Å². The van der Waals surface area contributed by atoms with Crippen molar-refractivity contribution in [3.05, 3.63) is 70.6 Å². The number of hydrogen-bond donors (Lipinski definition) is 1. The van der Waals surface area contributed by atoms with Crippen LogP contribution in [-0.2, 0) is 6.54 Å². The molecule has 3 rings (SSSR count). The minimum Gasteiger partial charge on any atom is -0.346 e. The molecule has 0 atom stereocenters. The first kappa shape index (κ1) is 13.6. The van der Waals surface area contributed by atoms with Crippen LogP contribution in [0.25, 0.3) is 5.65 Å². The quantitative estimate of drug-likeness (QED) is 0.807. The van der Waals surface area contributed by atoms with E-state index < -0.39 is 0 Å². The summed E-state index contributed by atoms with van der Waals surface area (Å²) in [6.45, 7) is 2.36. The van der Waals surface area contributed by atoms with Crippen molar-refractivity contribution in [3.63, 3.8) is 0 Å². The van der Waals surface area contributed by atoms with E-state index in [0.29, 0.717) is 17.1 Å². The monoisotopic (exact) mass is 299 g/mol. The fourth-order valence-corrected chi connectivity index (χ4v) is 2.46. The number of fused-ring (bicyclic) bond motifs is 1. The summed E-state index contributed by atoms with van der Waals surface area (Å²) in [6, 6.07) is 12.7. The third-order valence-electron chi connectivity index (χ3n) is 3.33. The summed E-state index contributed by atoms with van der Waals surface area (Å²) in [5.41, 5.74) is 3.31. The predicted molar refractivity (Wildman–Crippen MR) is 82.6 cm³/mol. The van der Waals surface area contributed by atoms with Crippen LogP contribution in [-0.4, -0.2) is 15.3 Å². The zero-order valence-electron chi connectivity index (χ0n) is 11.5. The first-order valence-electron chi connectivity index (χ1n) is 6.61. The van der Waals surface area contributed by atoms with E-state index in [1.807, 2.05) is 35.7 Å². The molecule has 1 amide bonds. The van der Waals surface area contributed by atoms with Crippen LogP contribution in [0, 0.1) is 6.92 Å². The Morgan fingerprint density at radius 1 is 1.29 bits per heavy atom. The molecule has 3 aromatic rings. The van der Waals surface area contributed by atoms with Gasteiger partial charge >= 0.3 is 0 Å². The summed E-state index contributed by atoms with van der Waals surface area (Å²) >= 11 is 5.90. The third kappa shape index (κ3) is 2.76. The standard InChI is InChI=1S/C16H14ClN3O/c1-11-14(20-8-3-2-7-15(20)19-11)10-18-16(21)12-5-4-6-13(17)9-12/h2-9H,10H2,1H3,(H,18,21). The van der Waals surface area contributed by atoms with Gasteiger partial charge in [-0.1, -0.05) is 23.7 Å². The third-order valence-corrected chi connectivity index (χ3v) is 3.57. The van der Waals surface area contributed by atoms with Crippen LogP contribution >= 0.6 is 11.6 Å². The molecule has 0 unspecified atom stereocenters. The van der Waals surface area contributed by atoms with Gasteiger partial charge in [-0.25, -0.2) is 4.98 Å². The van der Waals surface area contributed by atoms with Crippen molar-refractivity contribution in [1.29, 1.82) is 0 Å². The molecule has 2 heterocycles. The lowest BCUT2D eigenvalue weighted by Crippen LogP contribution is -2.23. The van der Waals surface area contributed by atoms with Crippen LogP contribution in [0.2, 0.25) is 5.02 Å². The molecule has 21 heavy (non-hydrogen) atoms. The number of halogens is 1. The summed E-state index contributed by atoms with van der Waals surface area (Å²) in [6.07, 6.45) is 1.94. The number of aromatic nitrogens is 2. The second-order valence-corrected chi connectivity index (χ2v) is 5.20. The molecule has 0 aliphatic carbocycles. The largest absolute Gasteiger partial charge is 0.346 e. The molecule has 106 valence electrons. The zero-order valence-corrected chi connectivity index (χ0v) is 12.3. The predicted octanol–water partition coefficient (Wildman–Crippen LogP) is 3.23. The zero-order chi connectivity index (χ0) is 14.8. The molecule has 4 nitrogen and oxygen atoms in total. The number of aryl methyl sites for hydroxylation is 1. The maximum atomic E-state index is 12.1. The average Bonchev–Trinajstić information content (AvgIpc) is 2.80. The van der Waals surface area contributed by atoms with Gasteiger partial charge in [-0.05, 0) is 37.3 Å². The molecule has 1 aromatic carbocycles. The number of imidazole rings is 1. The van der Waals surface area contributed by atoms with Crippen molar-refractivity contribution in [2.75, 3.05) is 0 Å². The highest BCUT2D eigenvalue weighted by Crippen LogP contribution is 2.13. The van der Waals surface area contributed by atoms with Crippen LogP contribution < -0.4 is 5.32 Å². The molecule has 2 aromatic heterocycles. The lowest BCUT2D eigenvalue weighted by Gasteiger charge is -2.06. The maximum Gasteiger partial charge on any atom is 0.251 e. The van der Waals surface area contributed by atoms with Gasteiger partial charge in [0.05, 0.1) is 17.9 Å². The lowest BCUT2D eigenvalue weighted by atomic mass is 10.2. The van der Waals surface area contributed by atoms with E-state index in [0.717, 1.165) is 17.0 Å². The number of amides is 1. The average molecular weight is 300 g/mol. The van der Waals surface area contributed by atoms with Crippen molar-refractivity contribution >= 4 is 23.2 Å². The van der Waals surface area contributed by atoms with Gasteiger partial charge in [0, 0.05) is 16.8 Å². The Balaban J connectivity index is 1.80. The molecule has 0 saturated carbocycles. The smallest absolute Gasteiger partial charge is 0.251 e. The molecule has 0 aliphatic heterocycles. The summed E-state index contributed by atoms with van der Waals surface area (Å²) in [4.78, 5) is 16.6. The molecular weight excluding hydrogens is 286 g/mol. The number of carbonyl (C=O) groups excluding carboxylic acids is 1. The van der Waals surface area contributed by atoms with Gasteiger partial charge in [-0.15, -0.1) is 0 Å². The van der Waals surface area contributed by atoms with Gasteiger partial charge in [0.15, 0.2) is 0 Å². The van der Waals surface area contributed by atoms with Crippen LogP contribution in [0.15, 0.2) is 48.7 Å². The number of pyridine rings is 1. The molecular formula is C16H14ClN3O. The Hall–Kier alpha value is -2.33. The van der Waals surface area contributed by atoms with Crippen molar-refractivity contribution in [3.8, 4) is 0 Å². The van der Waals surface area contributed by atoms with E-state index in [4.69, 9.17) is 11.6 Å². The fourth-order valence-electron chi connectivity index (χ4n) is 2.27. The molecule has 0 spiro atoms. The van der Waals surface area contributed by atoms with Crippen molar-refractivity contribution in [1.82, 2.24) is 14.7 Å². The molecule has 0 aliphatic rings. The fraction of sp³-hybridized carbons (Fsp3) is 0.125. The topological polar surface area (TPSA) is 46.4 Å². The first-order chi connectivity index (χ1) is 10.1. The van der Waals surface area contributed by atoms with Gasteiger partial charge < -0.3 is 9.72 Å². The second-order valence-electron chi connectivity index (χ2n) is 4.77. The number of hydrogen-bond acceptors (Lipinski definition) is 2.